The van der Waals surface area contributed by atoms with Crippen molar-refractivity contribution < 1.29 is 38.8 Å². The van der Waals surface area contributed by atoms with Gasteiger partial charge >= 0.3 is 5.97 Å². The number of nitrogen functional groups attached to an aromatic ring is 1. The van der Waals surface area contributed by atoms with Gasteiger partial charge in [0, 0.05) is 23.5 Å². The third-order valence-corrected chi connectivity index (χ3v) is 8.87. The molecule has 4 rings (SSSR count). The number of hydrogen-bond donors (Lipinski definition) is 4. The van der Waals surface area contributed by atoms with Gasteiger partial charge in [0.25, 0.3) is 11.8 Å². The zero-order chi connectivity index (χ0) is 30.6. The number of oxime groups is 1. The van der Waals surface area contributed by atoms with Crippen LogP contribution in [-0.2, 0) is 37.0 Å². The predicted molar refractivity (Wildman–Crippen MR) is 152 cm³/mol. The summed E-state index contributed by atoms with van der Waals surface area (Å²) < 4.78 is 1.82. The summed E-state index contributed by atoms with van der Waals surface area (Å²) in [5, 5.41) is 29.8. The van der Waals surface area contributed by atoms with E-state index in [-0.39, 0.29) is 33.2 Å². The molecule has 4 heterocycles. The maximum absolute atomic E-state index is 13.2. The van der Waals surface area contributed by atoms with Gasteiger partial charge in [-0.15, -0.1) is 11.8 Å². The van der Waals surface area contributed by atoms with Gasteiger partial charge in [-0.05, 0) is 38.9 Å². The van der Waals surface area contributed by atoms with E-state index < -0.39 is 47.0 Å². The number of carbonyl (C=O) groups is 4. The molecule has 0 spiro atoms. The number of carbonyl (C=O) groups excluding carboxylic acids is 3. The van der Waals surface area contributed by atoms with Crippen molar-refractivity contribution in [1.82, 2.24) is 20.5 Å². The Labute approximate surface area is 253 Å². The number of β-lactam (4-membered cyclic amide) rings is 1. The molecule has 0 unspecified atom stereocenters. The third kappa shape index (κ3) is 6.83. The molecule has 0 radical (unpaired) electrons. The maximum atomic E-state index is 13.2. The summed E-state index contributed by atoms with van der Waals surface area (Å²) in [4.78, 5) is 59.7. The highest BCUT2D eigenvalue weighted by Gasteiger charge is 2.53. The lowest BCUT2D eigenvalue weighted by atomic mass is 10.0. The second-order valence-electron chi connectivity index (χ2n) is 9.39. The minimum absolute atomic E-state index is 0.00287. The fraction of sp³-hybridized carbons (Fsp3) is 0.400. The van der Waals surface area contributed by atoms with Crippen LogP contribution in [0.5, 0.6) is 0 Å². The molecule has 1 fully saturated rings. The van der Waals surface area contributed by atoms with Crippen LogP contribution in [0.1, 0.15) is 24.6 Å². The van der Waals surface area contributed by atoms with Crippen LogP contribution in [0, 0.1) is 0 Å². The number of nitrogens with one attached hydrogen (secondary N) is 2. The summed E-state index contributed by atoms with van der Waals surface area (Å²) >= 11 is 8.28. The fourth-order valence-electron chi connectivity index (χ4n) is 4.29. The van der Waals surface area contributed by atoms with E-state index in [1.807, 2.05) is 36.1 Å². The molecule has 2 amide bonds. The van der Waals surface area contributed by atoms with Crippen molar-refractivity contribution >= 4 is 69.3 Å². The number of aromatic nitrogens is 2. The van der Waals surface area contributed by atoms with Crippen LogP contribution in [0.2, 0.25) is 4.34 Å². The number of fused-ring (bicyclic) bond motifs is 1. The van der Waals surface area contributed by atoms with Gasteiger partial charge in [-0.2, -0.15) is 0 Å². The Morgan fingerprint density at radius 1 is 1.38 bits per heavy atom. The molecule has 224 valence electrons. The van der Waals surface area contributed by atoms with Crippen molar-refractivity contribution in [3.05, 3.63) is 51.4 Å². The van der Waals surface area contributed by atoms with Crippen LogP contribution in [0.4, 0.5) is 5.13 Å². The van der Waals surface area contributed by atoms with E-state index in [2.05, 4.69) is 20.8 Å². The topological polar surface area (TPSA) is 203 Å². The highest BCUT2D eigenvalue weighted by molar-refractivity contribution is 8.00. The summed E-state index contributed by atoms with van der Waals surface area (Å²) in [7, 11) is 1.90. The number of anilines is 1. The lowest BCUT2D eigenvalue weighted by Crippen LogP contribution is -2.71. The number of nitrogens with two attached hydrogens (primary N) is 1. The summed E-state index contributed by atoms with van der Waals surface area (Å²) in [6.45, 7) is 2.34. The van der Waals surface area contributed by atoms with Crippen molar-refractivity contribution in [3.63, 3.8) is 0 Å². The average molecular weight is 638 g/mol. The van der Waals surface area contributed by atoms with Gasteiger partial charge in [0.05, 0.1) is 11.7 Å². The molecule has 42 heavy (non-hydrogen) atoms. The Morgan fingerprint density at radius 2 is 2.10 bits per heavy atom. The zero-order valence-corrected chi connectivity index (χ0v) is 24.9. The number of amides is 2. The fourth-order valence-corrected chi connectivity index (χ4v) is 6.55. The number of carboxylic acid groups (broad SMARTS) is 2. The normalized spacial score (nSPS) is 19.2. The highest BCUT2D eigenvalue weighted by atomic mass is 35.5. The first-order valence-electron chi connectivity index (χ1n) is 12.7. The Hall–Kier alpha value is -3.73. The van der Waals surface area contributed by atoms with Crippen LogP contribution in [0.25, 0.3) is 0 Å². The van der Waals surface area contributed by atoms with Crippen LogP contribution in [0.3, 0.4) is 0 Å². The molecule has 17 heteroatoms. The second kappa shape index (κ2) is 13.5. The molecule has 2 aromatic rings. The molecule has 1 saturated heterocycles. The smallest absolute Gasteiger partial charge is 0.347 e. The van der Waals surface area contributed by atoms with E-state index in [4.69, 9.17) is 27.3 Å². The first-order chi connectivity index (χ1) is 20.0. The van der Waals surface area contributed by atoms with E-state index in [1.165, 1.54) is 18.7 Å². The van der Waals surface area contributed by atoms with E-state index in [1.54, 1.807) is 0 Å². The van der Waals surface area contributed by atoms with Crippen LogP contribution < -0.4 is 26.0 Å². The Kier molecular flexibility index (Phi) is 10.0. The number of halogens is 1. The molecular formula is C25H28ClN7O7S2. The van der Waals surface area contributed by atoms with E-state index in [0.717, 1.165) is 41.2 Å². The van der Waals surface area contributed by atoms with E-state index >= 15 is 0 Å². The van der Waals surface area contributed by atoms with Gasteiger partial charge < -0.3 is 36.2 Å². The van der Waals surface area contributed by atoms with E-state index in [0.29, 0.717) is 5.57 Å². The monoisotopic (exact) mass is 637 g/mol. The van der Waals surface area contributed by atoms with Crippen molar-refractivity contribution in [3.8, 4) is 0 Å². The molecule has 3 atom stereocenters. The summed E-state index contributed by atoms with van der Waals surface area (Å²) in [5.74, 6) is -4.16. The summed E-state index contributed by atoms with van der Waals surface area (Å²) in [6, 6.07) is 2.83. The average Bonchev–Trinajstić information content (AvgIpc) is 3.29. The Bertz CT molecular complexity index is 1450. The molecule has 0 saturated carbocycles. The van der Waals surface area contributed by atoms with Gasteiger partial charge in [0.1, 0.15) is 21.4 Å². The number of hydrogen-bond acceptors (Lipinski definition) is 12. The Balaban J connectivity index is 1.50. The van der Waals surface area contributed by atoms with E-state index in [9.17, 15) is 24.3 Å². The van der Waals surface area contributed by atoms with Crippen LogP contribution >= 0.6 is 34.7 Å². The number of pyridine rings is 1. The van der Waals surface area contributed by atoms with Crippen molar-refractivity contribution in [2.75, 3.05) is 25.1 Å². The zero-order valence-electron chi connectivity index (χ0n) is 22.5. The Morgan fingerprint density at radius 3 is 2.69 bits per heavy atom. The third-order valence-electron chi connectivity index (χ3n) is 6.44. The molecule has 5 N–H and O–H groups in total. The largest absolute Gasteiger partial charge is 0.543 e. The lowest BCUT2D eigenvalue weighted by molar-refractivity contribution is -0.689. The molecule has 2 aliphatic heterocycles. The number of thiazole rings is 1. The van der Waals surface area contributed by atoms with Crippen molar-refractivity contribution in [2.45, 2.75) is 43.8 Å². The number of aliphatic carboxylic acids is 2. The predicted octanol–water partition coefficient (Wildman–Crippen LogP) is -0.884. The first kappa shape index (κ1) is 31.2. The first-order valence-corrected chi connectivity index (χ1v) is 15.0. The molecule has 2 aromatic heterocycles. The van der Waals surface area contributed by atoms with Gasteiger partial charge in [0.15, 0.2) is 29.8 Å². The highest BCUT2D eigenvalue weighted by Crippen LogP contribution is 2.40. The number of nitrogens with zero attached hydrogens (tertiary/aromatic N) is 4. The second-order valence-corrected chi connectivity index (χ2v) is 12.1. The minimum Gasteiger partial charge on any atom is -0.543 e. The molecule has 0 aromatic carbocycles. The number of aryl methyl sites for hydroxylation is 1. The SMILES string of the molecule is CNCCCc1cc[n+](CC2=C(C(=O)[O-])N3C(=O)[C@@H](NC(=O)/C(=N\O[C@@H](C)C(=O)O)c4nc(N)sc4Cl)[C@H]3SC2)cc1. The number of carboxylic acids is 2. The lowest BCUT2D eigenvalue weighted by Gasteiger charge is -2.50. The molecule has 0 aliphatic carbocycles. The van der Waals surface area contributed by atoms with Crippen LogP contribution in [0.15, 0.2) is 41.0 Å². The van der Waals surface area contributed by atoms with Crippen molar-refractivity contribution in [1.29, 1.82) is 0 Å². The minimum atomic E-state index is -1.50. The molecule has 0 bridgehead atoms. The number of thioether (sulfide) groups is 1. The molecular weight excluding hydrogens is 610 g/mol. The summed E-state index contributed by atoms with van der Waals surface area (Å²) in [5.41, 5.74) is 6.44. The molecule has 14 nitrogen and oxygen atoms in total. The maximum Gasteiger partial charge on any atom is 0.347 e. The van der Waals surface area contributed by atoms with Crippen LogP contribution in [-0.4, -0.2) is 81.3 Å². The van der Waals surface area contributed by atoms with Crippen molar-refractivity contribution in [2.24, 2.45) is 5.16 Å². The van der Waals surface area contributed by atoms with Gasteiger partial charge in [-0.25, -0.2) is 14.3 Å². The standard InChI is InChI=1S/C25H28ClN7O7S2/c1-12(23(36)37)40-31-16(15-19(26)42-25(27)30-15)20(34)29-17-21(35)33-18(24(38)39)14(11-41-22(17)33)10-32-8-5-13(6-9-32)4-3-7-28-2/h5-6,8-9,12,17,22,28H,3-4,7,10-11H2,1-2H3,(H4-,27,29,30,34,36,37,38,39)/b31-16-/t12-,17+,22+/m0/s1. The molecule has 2 aliphatic rings. The van der Waals surface area contributed by atoms with Gasteiger partial charge in [-0.1, -0.05) is 28.1 Å². The summed E-state index contributed by atoms with van der Waals surface area (Å²) in [6.07, 6.45) is 4.20. The number of rotatable bonds is 13. The quantitative estimate of drug-likeness (QED) is 0.0698. The van der Waals surface area contributed by atoms with Gasteiger partial charge in [-0.3, -0.25) is 14.5 Å². The van der Waals surface area contributed by atoms with Gasteiger partial charge in [0.2, 0.25) is 6.10 Å².